The fourth-order valence-electron chi connectivity index (χ4n) is 0.632. The molecule has 0 fully saturated rings. The summed E-state index contributed by atoms with van der Waals surface area (Å²) in [6, 6.07) is -0.716. The number of isocyanates is 2. The second-order valence-electron chi connectivity index (χ2n) is 2.43. The Morgan fingerprint density at radius 3 is 1.78 bits per heavy atom. The number of carbonyl (C=O) groups is 1. The van der Waals surface area contributed by atoms with Crippen LogP contribution in [-0.4, -0.2) is 35.8 Å². The van der Waals surface area contributed by atoms with Crippen molar-refractivity contribution in [1.29, 1.82) is 10.8 Å². The number of aliphatic carboxylic acids is 1. The van der Waals surface area contributed by atoms with E-state index >= 15 is 0 Å². The number of unbranched alkanes of at least 4 members (excludes halogenated alkanes) is 1. The van der Waals surface area contributed by atoms with Gasteiger partial charge in [0.15, 0.2) is 0 Å². The number of carbonyl (C=O) groups excluding carboxylic acids is 2. The molecule has 8 heteroatoms. The molecule has 0 bridgehead atoms. The van der Waals surface area contributed by atoms with E-state index in [9.17, 15) is 4.79 Å². The maximum absolute atomic E-state index is 10.1. The third-order valence-electron chi connectivity index (χ3n) is 1.29. The standard InChI is InChI=1S/C6H14N2O2.C2H6.2CHNO/c7-4-2-1-3-5(8)6(9)10;1-2;2*2-1-3/h5H,1-4,7-8H2,(H,9,10);1-2H3;2*2H. The fourth-order valence-corrected chi connectivity index (χ4v) is 0.632. The Bertz CT molecular complexity index is 222. The highest BCUT2D eigenvalue weighted by Crippen LogP contribution is 1.96. The van der Waals surface area contributed by atoms with Crippen LogP contribution in [-0.2, 0) is 14.4 Å². The predicted molar refractivity (Wildman–Crippen MR) is 66.7 cm³/mol. The Morgan fingerprint density at radius 2 is 1.56 bits per heavy atom. The van der Waals surface area contributed by atoms with Gasteiger partial charge in [-0.05, 0) is 19.4 Å². The lowest BCUT2D eigenvalue weighted by molar-refractivity contribution is -0.138. The lowest BCUT2D eigenvalue weighted by Crippen LogP contribution is -2.29. The second-order valence-corrected chi connectivity index (χ2v) is 2.43. The van der Waals surface area contributed by atoms with E-state index in [2.05, 4.69) is 0 Å². The van der Waals surface area contributed by atoms with Crippen LogP contribution in [0, 0.1) is 10.8 Å². The Hall–Kier alpha value is -1.85. The zero-order chi connectivity index (χ0) is 15.4. The normalized spacial score (nSPS) is 8.44. The van der Waals surface area contributed by atoms with E-state index in [0.717, 1.165) is 25.0 Å². The average Bonchev–Trinajstić information content (AvgIpc) is 2.33. The number of nitrogens with two attached hydrogens (primary N) is 2. The maximum Gasteiger partial charge on any atom is 0.320 e. The van der Waals surface area contributed by atoms with Crippen LogP contribution in [0.3, 0.4) is 0 Å². The van der Waals surface area contributed by atoms with Crippen molar-refractivity contribution in [2.45, 2.75) is 39.2 Å². The minimum Gasteiger partial charge on any atom is -0.480 e. The molecule has 1 unspecified atom stereocenters. The quantitative estimate of drug-likeness (QED) is 0.272. The highest BCUT2D eigenvalue weighted by atomic mass is 16.4. The molecule has 0 amide bonds. The molecule has 106 valence electrons. The first kappa shape index (κ1) is 25.1. The van der Waals surface area contributed by atoms with Crippen LogP contribution < -0.4 is 11.5 Å². The summed E-state index contributed by atoms with van der Waals surface area (Å²) in [6.45, 7) is 4.60. The largest absolute Gasteiger partial charge is 0.480 e. The van der Waals surface area contributed by atoms with Crippen LogP contribution in [0.1, 0.15) is 33.1 Å². The average molecular weight is 262 g/mol. The van der Waals surface area contributed by atoms with Gasteiger partial charge in [-0.3, -0.25) is 4.79 Å². The second kappa shape index (κ2) is 29.4. The SMILES string of the molecule is CC.N=C=O.N=C=O.NCCCCC(N)C(=O)O. The summed E-state index contributed by atoms with van der Waals surface area (Å²) in [4.78, 5) is 26.8. The van der Waals surface area contributed by atoms with Gasteiger partial charge in [0.25, 0.3) is 0 Å². The summed E-state index contributed by atoms with van der Waals surface area (Å²) in [5.41, 5.74) is 10.4. The molecular formula is C10H22N4O4. The topological polar surface area (TPSA) is 171 Å². The van der Waals surface area contributed by atoms with E-state index in [1.54, 1.807) is 0 Å². The molecule has 0 aliphatic rings. The Labute approximate surface area is 106 Å². The van der Waals surface area contributed by atoms with Gasteiger partial charge in [-0.2, -0.15) is 0 Å². The molecule has 0 aromatic heterocycles. The lowest BCUT2D eigenvalue weighted by Gasteiger charge is -2.03. The molecule has 18 heavy (non-hydrogen) atoms. The molecule has 0 rings (SSSR count). The van der Waals surface area contributed by atoms with Gasteiger partial charge in [-0.15, -0.1) is 0 Å². The lowest BCUT2D eigenvalue weighted by atomic mass is 10.1. The smallest absolute Gasteiger partial charge is 0.320 e. The molecule has 0 saturated carbocycles. The number of nitrogens with one attached hydrogen (secondary N) is 2. The van der Waals surface area contributed by atoms with E-state index in [-0.39, 0.29) is 0 Å². The number of hydrogen-bond donors (Lipinski definition) is 5. The van der Waals surface area contributed by atoms with Crippen molar-refractivity contribution >= 4 is 18.1 Å². The molecule has 1 atom stereocenters. The number of carboxylic acids is 1. The summed E-state index contributed by atoms with van der Waals surface area (Å²) >= 11 is 0. The van der Waals surface area contributed by atoms with E-state index in [1.165, 1.54) is 0 Å². The van der Waals surface area contributed by atoms with Crippen LogP contribution in [0.2, 0.25) is 0 Å². The van der Waals surface area contributed by atoms with Gasteiger partial charge >= 0.3 is 5.97 Å². The highest BCUT2D eigenvalue weighted by molar-refractivity contribution is 5.72. The Kier molecular flexibility index (Phi) is 41.1. The molecule has 0 spiro atoms. The Balaban J connectivity index is -0.000000102. The number of hydrogen-bond acceptors (Lipinski definition) is 7. The molecule has 0 aliphatic heterocycles. The van der Waals surface area contributed by atoms with Crippen LogP contribution in [0.25, 0.3) is 0 Å². The van der Waals surface area contributed by atoms with Gasteiger partial charge in [0, 0.05) is 0 Å². The molecule has 0 aliphatic carbocycles. The van der Waals surface area contributed by atoms with Crippen molar-refractivity contribution < 1.29 is 19.5 Å². The summed E-state index contributed by atoms with van der Waals surface area (Å²) in [5, 5.41) is 19.1. The zero-order valence-corrected chi connectivity index (χ0v) is 10.7. The number of rotatable bonds is 5. The first-order valence-corrected chi connectivity index (χ1v) is 5.27. The monoisotopic (exact) mass is 262 g/mol. The van der Waals surface area contributed by atoms with Crippen LogP contribution in [0.4, 0.5) is 0 Å². The van der Waals surface area contributed by atoms with Gasteiger partial charge in [-0.1, -0.05) is 20.3 Å². The first-order valence-electron chi connectivity index (χ1n) is 5.27. The molecule has 0 heterocycles. The summed E-state index contributed by atoms with van der Waals surface area (Å²) in [6.07, 6.45) is 3.66. The Morgan fingerprint density at radius 1 is 1.22 bits per heavy atom. The van der Waals surface area contributed by atoms with Crippen molar-refractivity contribution in [2.24, 2.45) is 11.5 Å². The van der Waals surface area contributed by atoms with Gasteiger partial charge in [0.2, 0.25) is 12.2 Å². The van der Waals surface area contributed by atoms with Crippen molar-refractivity contribution in [3.8, 4) is 0 Å². The van der Waals surface area contributed by atoms with Crippen molar-refractivity contribution in [2.75, 3.05) is 6.54 Å². The maximum atomic E-state index is 10.1. The molecular weight excluding hydrogens is 240 g/mol. The summed E-state index contributed by atoms with van der Waals surface area (Å²) in [7, 11) is 0. The third kappa shape index (κ3) is 47.9. The van der Waals surface area contributed by atoms with Gasteiger partial charge < -0.3 is 16.6 Å². The predicted octanol–water partition coefficient (Wildman–Crippen LogP) is 0.355. The third-order valence-corrected chi connectivity index (χ3v) is 1.29. The number of carboxylic acid groups (broad SMARTS) is 1. The van der Waals surface area contributed by atoms with Gasteiger partial charge in [0.1, 0.15) is 6.04 Å². The van der Waals surface area contributed by atoms with Crippen LogP contribution >= 0.6 is 0 Å². The molecule has 0 aromatic carbocycles. The molecule has 0 saturated heterocycles. The van der Waals surface area contributed by atoms with Crippen LogP contribution in [0.15, 0.2) is 0 Å². The van der Waals surface area contributed by atoms with Crippen molar-refractivity contribution in [3.05, 3.63) is 0 Å². The minimum absolute atomic E-state index is 0.520. The van der Waals surface area contributed by atoms with Crippen LogP contribution in [0.5, 0.6) is 0 Å². The zero-order valence-electron chi connectivity index (χ0n) is 10.7. The van der Waals surface area contributed by atoms with Crippen molar-refractivity contribution in [1.82, 2.24) is 0 Å². The molecule has 0 aromatic rings. The summed E-state index contributed by atoms with van der Waals surface area (Å²) in [5.74, 6) is -0.933. The van der Waals surface area contributed by atoms with E-state index < -0.39 is 12.0 Å². The van der Waals surface area contributed by atoms with E-state index in [4.69, 9.17) is 37.0 Å². The van der Waals surface area contributed by atoms with Crippen molar-refractivity contribution in [3.63, 3.8) is 0 Å². The van der Waals surface area contributed by atoms with E-state index in [1.807, 2.05) is 13.8 Å². The first-order chi connectivity index (χ1) is 8.51. The van der Waals surface area contributed by atoms with E-state index in [0.29, 0.717) is 13.0 Å². The summed E-state index contributed by atoms with van der Waals surface area (Å²) < 4.78 is 0. The molecule has 7 N–H and O–H groups in total. The molecule has 0 radical (unpaired) electrons. The van der Waals surface area contributed by atoms with Gasteiger partial charge in [-0.25, -0.2) is 20.4 Å². The minimum atomic E-state index is -0.933. The molecule has 8 nitrogen and oxygen atoms in total. The fraction of sp³-hybridized carbons (Fsp3) is 0.700. The van der Waals surface area contributed by atoms with Gasteiger partial charge in [0.05, 0.1) is 0 Å². The highest BCUT2D eigenvalue weighted by Gasteiger charge is 2.09.